The van der Waals surface area contributed by atoms with Crippen LogP contribution in [0.1, 0.15) is 42.5 Å². The highest BCUT2D eigenvalue weighted by Gasteiger charge is 2.60. The van der Waals surface area contributed by atoms with Gasteiger partial charge in [-0.15, -0.1) is 11.8 Å². The van der Waals surface area contributed by atoms with Gasteiger partial charge < -0.3 is 4.74 Å². The maximum atomic E-state index is 15.0. The summed E-state index contributed by atoms with van der Waals surface area (Å²) in [6.45, 7) is 6.34. The summed E-state index contributed by atoms with van der Waals surface area (Å²) in [6, 6.07) is 5.25. The number of para-hydroxylation sites is 1. The SMILES string of the molecule is Cc1nn(-c2c(F)cccc2CN2CCCC2)cc1CN1CCC2(CC1)OCC(F)(F)C1C=C(Cl)SC12. The first-order chi connectivity index (χ1) is 17.7. The molecule has 1 aromatic carbocycles. The maximum Gasteiger partial charge on any atom is 0.278 e. The van der Waals surface area contributed by atoms with E-state index in [-0.39, 0.29) is 11.1 Å². The van der Waals surface area contributed by atoms with Gasteiger partial charge in [-0.1, -0.05) is 23.7 Å². The van der Waals surface area contributed by atoms with Gasteiger partial charge in [0.25, 0.3) is 5.92 Å². The van der Waals surface area contributed by atoms with Crippen LogP contribution in [-0.4, -0.2) is 69.1 Å². The Balaban J connectivity index is 1.15. The van der Waals surface area contributed by atoms with E-state index in [2.05, 4.69) is 9.80 Å². The first-order valence-corrected chi connectivity index (χ1v) is 14.3. The Hall–Kier alpha value is -1.52. The Morgan fingerprint density at radius 3 is 2.54 bits per heavy atom. The maximum absolute atomic E-state index is 15.0. The summed E-state index contributed by atoms with van der Waals surface area (Å²) in [5, 5.41) is 4.34. The van der Waals surface area contributed by atoms with Gasteiger partial charge in [0.2, 0.25) is 0 Å². The highest BCUT2D eigenvalue weighted by Crippen LogP contribution is 2.56. The van der Waals surface area contributed by atoms with Crippen molar-refractivity contribution in [1.29, 1.82) is 0 Å². The molecule has 5 nitrogen and oxygen atoms in total. The van der Waals surface area contributed by atoms with Crippen LogP contribution in [0.5, 0.6) is 0 Å². The average molecular weight is 553 g/mol. The number of hydrogen-bond acceptors (Lipinski definition) is 5. The molecule has 2 aromatic rings. The highest BCUT2D eigenvalue weighted by molar-refractivity contribution is 8.05. The molecule has 1 spiro atoms. The van der Waals surface area contributed by atoms with Crippen molar-refractivity contribution in [2.24, 2.45) is 5.92 Å². The second kappa shape index (κ2) is 9.90. The molecule has 1 aromatic heterocycles. The largest absolute Gasteiger partial charge is 0.367 e. The van der Waals surface area contributed by atoms with Gasteiger partial charge in [-0.05, 0) is 63.4 Å². The number of aryl methyl sites for hydroxylation is 1. The van der Waals surface area contributed by atoms with Gasteiger partial charge in [0.1, 0.15) is 18.1 Å². The number of thioether (sulfide) groups is 1. The second-order valence-corrected chi connectivity index (χ2v) is 12.7. The van der Waals surface area contributed by atoms with Crippen LogP contribution in [0.2, 0.25) is 0 Å². The number of halogens is 4. The smallest absolute Gasteiger partial charge is 0.278 e. The minimum absolute atomic E-state index is 0.271. The fourth-order valence-electron chi connectivity index (χ4n) is 6.31. The lowest BCUT2D eigenvalue weighted by molar-refractivity contribution is -0.215. The van der Waals surface area contributed by atoms with Crippen molar-refractivity contribution in [3.63, 3.8) is 0 Å². The monoisotopic (exact) mass is 552 g/mol. The molecule has 0 amide bonds. The predicted molar refractivity (Wildman–Crippen MR) is 140 cm³/mol. The van der Waals surface area contributed by atoms with Gasteiger partial charge in [-0.3, -0.25) is 9.80 Å². The molecule has 0 saturated carbocycles. The molecule has 0 N–H and O–H groups in total. The number of piperidine rings is 1. The summed E-state index contributed by atoms with van der Waals surface area (Å²) in [5.41, 5.74) is 2.79. The van der Waals surface area contributed by atoms with E-state index in [1.807, 2.05) is 19.2 Å². The lowest BCUT2D eigenvalue weighted by Crippen LogP contribution is -2.61. The summed E-state index contributed by atoms with van der Waals surface area (Å²) in [6.07, 6.45) is 7.18. The number of fused-ring (bicyclic) bond motifs is 2. The molecule has 3 fully saturated rings. The van der Waals surface area contributed by atoms with Crippen molar-refractivity contribution in [2.75, 3.05) is 32.8 Å². The Kier molecular flexibility index (Phi) is 6.89. The van der Waals surface area contributed by atoms with Crippen molar-refractivity contribution in [3.05, 3.63) is 57.5 Å². The van der Waals surface area contributed by atoms with Crippen LogP contribution in [0.4, 0.5) is 13.2 Å². The molecule has 4 aliphatic rings. The van der Waals surface area contributed by atoms with Crippen LogP contribution in [0.25, 0.3) is 5.69 Å². The topological polar surface area (TPSA) is 33.5 Å². The molecular formula is C27H32ClF3N4OS. The van der Waals surface area contributed by atoms with Crippen LogP contribution in [0.3, 0.4) is 0 Å². The summed E-state index contributed by atoms with van der Waals surface area (Å²) in [5.74, 6) is -4.03. The summed E-state index contributed by atoms with van der Waals surface area (Å²) in [7, 11) is 0. The van der Waals surface area contributed by atoms with Crippen molar-refractivity contribution >= 4 is 23.4 Å². The van der Waals surface area contributed by atoms with E-state index < -0.39 is 24.0 Å². The summed E-state index contributed by atoms with van der Waals surface area (Å²) >= 11 is 7.51. The summed E-state index contributed by atoms with van der Waals surface area (Å²) in [4.78, 5) is 4.67. The Morgan fingerprint density at radius 2 is 1.78 bits per heavy atom. The summed E-state index contributed by atoms with van der Waals surface area (Å²) < 4.78 is 52.1. The van der Waals surface area contributed by atoms with E-state index in [9.17, 15) is 8.78 Å². The standard InChI is InChI=1S/C27H32ClF3N4OS/c1-18-20(16-35(32-18)24-19(5-4-6-22(24)29)14-33-9-2-3-10-33)15-34-11-7-26(8-12-34)25-21(13-23(28)37-25)27(30,31)17-36-26/h4-6,13,16,21,25H,2-3,7-12,14-15,17H2,1H3. The van der Waals surface area contributed by atoms with Crippen molar-refractivity contribution in [1.82, 2.24) is 19.6 Å². The van der Waals surface area contributed by atoms with Gasteiger partial charge in [-0.2, -0.15) is 5.10 Å². The van der Waals surface area contributed by atoms with E-state index in [1.54, 1.807) is 10.7 Å². The Bertz CT molecular complexity index is 1190. The van der Waals surface area contributed by atoms with E-state index in [0.29, 0.717) is 36.0 Å². The predicted octanol–water partition coefficient (Wildman–Crippen LogP) is 5.73. The van der Waals surface area contributed by atoms with E-state index in [4.69, 9.17) is 21.4 Å². The molecule has 10 heteroatoms. The zero-order valence-electron chi connectivity index (χ0n) is 20.9. The van der Waals surface area contributed by atoms with Gasteiger partial charge in [0.15, 0.2) is 0 Å². The van der Waals surface area contributed by atoms with Crippen LogP contribution in [0.15, 0.2) is 34.8 Å². The van der Waals surface area contributed by atoms with Gasteiger partial charge in [-0.25, -0.2) is 17.9 Å². The zero-order chi connectivity index (χ0) is 25.8. The number of alkyl halides is 2. The normalized spacial score (nSPS) is 27.5. The minimum Gasteiger partial charge on any atom is -0.367 e. The van der Waals surface area contributed by atoms with Crippen molar-refractivity contribution in [2.45, 2.75) is 62.5 Å². The Labute approximate surface area is 225 Å². The van der Waals surface area contributed by atoms with Crippen LogP contribution >= 0.6 is 23.4 Å². The third kappa shape index (κ3) is 4.86. The number of aromatic nitrogens is 2. The Morgan fingerprint density at radius 1 is 1.08 bits per heavy atom. The van der Waals surface area contributed by atoms with Gasteiger partial charge in [0, 0.05) is 37.9 Å². The molecule has 5 heterocycles. The number of benzene rings is 1. The molecule has 6 rings (SSSR count). The number of hydrogen-bond donors (Lipinski definition) is 0. The lowest BCUT2D eigenvalue weighted by atomic mass is 9.77. The minimum atomic E-state index is -2.89. The van der Waals surface area contributed by atoms with E-state index in [1.165, 1.54) is 36.7 Å². The number of rotatable bonds is 5. The van der Waals surface area contributed by atoms with E-state index >= 15 is 4.39 Å². The number of likely N-dealkylation sites (tertiary alicyclic amines) is 2. The first kappa shape index (κ1) is 25.7. The average Bonchev–Trinajstić information content (AvgIpc) is 3.60. The molecule has 0 radical (unpaired) electrons. The van der Waals surface area contributed by atoms with Crippen LogP contribution in [-0.2, 0) is 17.8 Å². The molecule has 37 heavy (non-hydrogen) atoms. The molecule has 2 atom stereocenters. The molecule has 4 aliphatic heterocycles. The quantitative estimate of drug-likeness (QED) is 0.473. The number of nitrogens with zero attached hydrogens (tertiary/aromatic N) is 4. The lowest BCUT2D eigenvalue weighted by Gasteiger charge is -2.51. The fraction of sp³-hybridized carbons (Fsp3) is 0.593. The van der Waals surface area contributed by atoms with Crippen LogP contribution in [0, 0.1) is 18.7 Å². The van der Waals surface area contributed by atoms with Crippen molar-refractivity contribution in [3.8, 4) is 5.69 Å². The molecule has 0 aliphatic carbocycles. The van der Waals surface area contributed by atoms with E-state index in [0.717, 1.165) is 43.0 Å². The molecule has 3 saturated heterocycles. The molecular weight excluding hydrogens is 521 g/mol. The zero-order valence-corrected chi connectivity index (χ0v) is 22.5. The molecule has 200 valence electrons. The molecule has 2 unspecified atom stereocenters. The van der Waals surface area contributed by atoms with Gasteiger partial charge in [0.05, 0.1) is 26.8 Å². The second-order valence-electron chi connectivity index (χ2n) is 10.8. The third-order valence-corrected chi connectivity index (χ3v) is 10.2. The number of ether oxygens (including phenoxy) is 1. The fourth-order valence-corrected chi connectivity index (χ4v) is 8.14. The third-order valence-electron chi connectivity index (χ3n) is 8.42. The number of allylic oxidation sites excluding steroid dienone is 1. The molecule has 0 bridgehead atoms. The first-order valence-electron chi connectivity index (χ1n) is 13.1. The van der Waals surface area contributed by atoms with Crippen LogP contribution < -0.4 is 0 Å². The van der Waals surface area contributed by atoms with Gasteiger partial charge >= 0.3 is 0 Å². The highest BCUT2D eigenvalue weighted by atomic mass is 35.5. The van der Waals surface area contributed by atoms with Crippen molar-refractivity contribution < 1.29 is 17.9 Å².